The van der Waals surface area contributed by atoms with Crippen LogP contribution in [0.2, 0.25) is 0 Å². The van der Waals surface area contributed by atoms with Crippen LogP contribution in [0.1, 0.15) is 213 Å². The van der Waals surface area contributed by atoms with E-state index < -0.39 is 18.2 Å². The first kappa shape index (κ1) is 54.3. The lowest BCUT2D eigenvalue weighted by molar-refractivity contribution is -0.150. The highest BCUT2D eigenvalue weighted by atomic mass is 16.5. The average molecular weight is 796 g/mol. The predicted molar refractivity (Wildman–Crippen MR) is 245 cm³/mol. The first-order chi connectivity index (χ1) is 28.0. The van der Waals surface area contributed by atoms with Crippen LogP contribution in [0.25, 0.3) is 0 Å². The molecule has 0 spiro atoms. The van der Waals surface area contributed by atoms with E-state index >= 15 is 0 Å². The van der Waals surface area contributed by atoms with Gasteiger partial charge in [-0.15, -0.1) is 0 Å². The smallest absolute Gasteiger partial charge is 0.306 e. The molecule has 1 amide bonds. The largest absolute Gasteiger partial charge is 0.461 e. The highest BCUT2D eigenvalue weighted by Crippen LogP contribution is 2.16. The van der Waals surface area contributed by atoms with Gasteiger partial charge in [0.1, 0.15) is 6.10 Å². The number of rotatable bonds is 41. The molecule has 6 nitrogen and oxygen atoms in total. The van der Waals surface area contributed by atoms with Crippen LogP contribution in [0.15, 0.2) is 72.9 Å². The summed E-state index contributed by atoms with van der Waals surface area (Å²) in [5.74, 6) is -0.630. The van der Waals surface area contributed by atoms with Crippen molar-refractivity contribution < 1.29 is 24.5 Å². The first-order valence-corrected chi connectivity index (χ1v) is 23.7. The molecule has 0 saturated carbocycles. The summed E-state index contributed by atoms with van der Waals surface area (Å²) < 4.78 is 5.81. The molecule has 0 bridgehead atoms. The second-order valence-electron chi connectivity index (χ2n) is 15.9. The summed E-state index contributed by atoms with van der Waals surface area (Å²) >= 11 is 0. The number of amides is 1. The third-order valence-electron chi connectivity index (χ3n) is 10.4. The van der Waals surface area contributed by atoms with Crippen molar-refractivity contribution in [1.29, 1.82) is 0 Å². The maximum atomic E-state index is 13.1. The Morgan fingerprint density at radius 3 is 1.47 bits per heavy atom. The van der Waals surface area contributed by atoms with E-state index in [1.807, 2.05) is 54.7 Å². The van der Waals surface area contributed by atoms with Crippen LogP contribution >= 0.6 is 0 Å². The van der Waals surface area contributed by atoms with Crippen molar-refractivity contribution in [3.8, 4) is 0 Å². The molecule has 0 aliphatic heterocycles. The molecule has 328 valence electrons. The summed E-state index contributed by atoms with van der Waals surface area (Å²) in [6.45, 7) is 6.28. The molecule has 0 fully saturated rings. The van der Waals surface area contributed by atoms with Crippen molar-refractivity contribution in [3.05, 3.63) is 72.9 Å². The van der Waals surface area contributed by atoms with Gasteiger partial charge in [-0.05, 0) is 44.9 Å². The minimum Gasteiger partial charge on any atom is -0.461 e. The van der Waals surface area contributed by atoms with Gasteiger partial charge in [-0.1, -0.05) is 222 Å². The molecular formula is C51H89NO5. The quantitative estimate of drug-likeness (QED) is 0.0248. The molecule has 0 aromatic carbocycles. The Kier molecular flexibility index (Phi) is 42.3. The van der Waals surface area contributed by atoms with E-state index in [2.05, 4.69) is 44.3 Å². The fourth-order valence-corrected chi connectivity index (χ4v) is 6.80. The maximum Gasteiger partial charge on any atom is 0.306 e. The van der Waals surface area contributed by atoms with Crippen molar-refractivity contribution >= 4 is 11.9 Å². The molecule has 0 radical (unpaired) electrons. The first-order valence-electron chi connectivity index (χ1n) is 23.7. The van der Waals surface area contributed by atoms with Gasteiger partial charge in [0.25, 0.3) is 0 Å². The van der Waals surface area contributed by atoms with Crippen LogP contribution in [0, 0.1) is 0 Å². The van der Waals surface area contributed by atoms with Crippen LogP contribution in [0.4, 0.5) is 0 Å². The molecule has 0 aromatic heterocycles. The second kappa shape index (κ2) is 44.4. The minimum atomic E-state index is -0.821. The van der Waals surface area contributed by atoms with Crippen LogP contribution in [0.5, 0.6) is 0 Å². The lowest BCUT2D eigenvalue weighted by Gasteiger charge is -2.24. The number of aliphatic hydroxyl groups is 2. The maximum absolute atomic E-state index is 13.1. The lowest BCUT2D eigenvalue weighted by Crippen LogP contribution is -2.46. The van der Waals surface area contributed by atoms with Gasteiger partial charge in [0, 0.05) is 12.8 Å². The summed E-state index contributed by atoms with van der Waals surface area (Å²) in [5.41, 5.74) is 0. The van der Waals surface area contributed by atoms with E-state index in [-0.39, 0.29) is 24.9 Å². The summed E-state index contributed by atoms with van der Waals surface area (Å²) in [7, 11) is 0. The van der Waals surface area contributed by atoms with Gasteiger partial charge in [0.05, 0.1) is 25.2 Å². The van der Waals surface area contributed by atoms with Gasteiger partial charge in [-0.2, -0.15) is 0 Å². The number of carbonyl (C=O) groups excluding carboxylic acids is 2. The highest BCUT2D eigenvalue weighted by molar-refractivity contribution is 5.77. The Labute approximate surface area is 351 Å². The summed E-state index contributed by atoms with van der Waals surface area (Å²) in [6.07, 6.45) is 55.6. The monoisotopic (exact) mass is 796 g/mol. The molecule has 57 heavy (non-hydrogen) atoms. The molecule has 0 saturated heterocycles. The Morgan fingerprint density at radius 2 is 0.982 bits per heavy atom. The number of carbonyl (C=O) groups is 2. The average Bonchev–Trinajstić information content (AvgIpc) is 3.20. The van der Waals surface area contributed by atoms with Crippen molar-refractivity contribution in [1.82, 2.24) is 5.32 Å². The standard InChI is InChI=1S/C51H89NO5/c1-4-7-10-13-16-19-22-24-26-29-32-35-38-41-44-51(56)57-47(42-39-36-33-30-27-21-18-15-12-9-6-3)45-50(55)52-48(46-53)49(54)43-40-37-34-31-28-25-23-20-17-14-11-8-5-2/h9,12,15,18,21,26-27,29-30,33,36,39,47-49,53-54H,4-8,10-11,13-14,16-17,19-20,22-25,28,31-32,34-35,37-38,40-46H2,1-3H3,(H,52,55)/b12-9+,18-15+,27-21-,29-26-,33-30-,39-36+. The van der Waals surface area contributed by atoms with Crippen molar-refractivity contribution in [2.75, 3.05) is 6.61 Å². The molecule has 3 unspecified atom stereocenters. The number of hydrogen-bond acceptors (Lipinski definition) is 5. The zero-order chi connectivity index (χ0) is 41.7. The van der Waals surface area contributed by atoms with E-state index in [4.69, 9.17) is 4.74 Å². The van der Waals surface area contributed by atoms with Crippen molar-refractivity contribution in [3.63, 3.8) is 0 Å². The van der Waals surface area contributed by atoms with Crippen LogP contribution in [0.3, 0.4) is 0 Å². The van der Waals surface area contributed by atoms with Crippen LogP contribution in [-0.4, -0.2) is 46.9 Å². The molecular weight excluding hydrogens is 707 g/mol. The summed E-state index contributed by atoms with van der Waals surface area (Å²) in [5, 5.41) is 23.6. The molecule has 0 heterocycles. The molecule has 6 heteroatoms. The highest BCUT2D eigenvalue weighted by Gasteiger charge is 2.23. The number of unbranched alkanes of at least 4 members (excludes halogenated alkanes) is 22. The molecule has 0 aromatic rings. The van der Waals surface area contributed by atoms with Gasteiger partial charge in [0.2, 0.25) is 5.91 Å². The number of ether oxygens (including phenoxy) is 1. The minimum absolute atomic E-state index is 0.0265. The SMILES string of the molecule is CC/C=C/C=C/C=C\C=C/C=C/CC(CC(=O)NC(CO)C(O)CCCCCCCCCCCCCCC)OC(=O)CCCCC/C=C\CCCCCCCCC. The number of esters is 1. The van der Waals surface area contributed by atoms with Crippen LogP contribution in [-0.2, 0) is 14.3 Å². The van der Waals surface area contributed by atoms with Crippen LogP contribution < -0.4 is 5.32 Å². The lowest BCUT2D eigenvalue weighted by atomic mass is 10.0. The molecule has 0 aliphatic carbocycles. The zero-order valence-electron chi connectivity index (χ0n) is 37.2. The van der Waals surface area contributed by atoms with Gasteiger partial charge >= 0.3 is 5.97 Å². The third-order valence-corrected chi connectivity index (χ3v) is 10.4. The number of hydrogen-bond donors (Lipinski definition) is 3. The molecule has 3 N–H and O–H groups in total. The van der Waals surface area contributed by atoms with E-state index in [1.54, 1.807) is 0 Å². The number of nitrogens with one attached hydrogen (secondary N) is 1. The number of allylic oxidation sites excluding steroid dienone is 11. The van der Waals surface area contributed by atoms with Gasteiger partial charge < -0.3 is 20.3 Å². The summed E-state index contributed by atoms with van der Waals surface area (Å²) in [6, 6.07) is -0.743. The molecule has 0 aliphatic rings. The Morgan fingerprint density at radius 1 is 0.544 bits per heavy atom. The zero-order valence-corrected chi connectivity index (χ0v) is 37.2. The normalized spacial score (nSPS) is 14.0. The van der Waals surface area contributed by atoms with Gasteiger partial charge in [0.15, 0.2) is 0 Å². The Bertz CT molecular complexity index is 1070. The van der Waals surface area contributed by atoms with E-state index in [0.717, 1.165) is 57.8 Å². The van der Waals surface area contributed by atoms with Gasteiger partial charge in [-0.25, -0.2) is 0 Å². The Balaban J connectivity index is 4.71. The fraction of sp³-hybridized carbons (Fsp3) is 0.725. The fourth-order valence-electron chi connectivity index (χ4n) is 6.80. The van der Waals surface area contributed by atoms with E-state index in [1.165, 1.54) is 109 Å². The topological polar surface area (TPSA) is 95.9 Å². The predicted octanol–water partition coefficient (Wildman–Crippen LogP) is 13.8. The van der Waals surface area contributed by atoms with Gasteiger partial charge in [-0.3, -0.25) is 9.59 Å². The number of aliphatic hydroxyl groups excluding tert-OH is 2. The van der Waals surface area contributed by atoms with Crippen molar-refractivity contribution in [2.45, 2.75) is 232 Å². The molecule has 3 atom stereocenters. The van der Waals surface area contributed by atoms with E-state index in [9.17, 15) is 19.8 Å². The second-order valence-corrected chi connectivity index (χ2v) is 15.9. The third kappa shape index (κ3) is 39.9. The Hall–Kier alpha value is -2.70. The van der Waals surface area contributed by atoms with Crippen molar-refractivity contribution in [2.24, 2.45) is 0 Å². The summed E-state index contributed by atoms with van der Waals surface area (Å²) in [4.78, 5) is 25.9. The molecule has 0 rings (SSSR count). The van der Waals surface area contributed by atoms with E-state index in [0.29, 0.717) is 19.3 Å².